The monoisotopic (exact) mass is 205 g/mol. The van der Waals surface area contributed by atoms with Gasteiger partial charge >= 0.3 is 5.97 Å². The van der Waals surface area contributed by atoms with Crippen LogP contribution in [-0.4, -0.2) is 24.5 Å². The highest BCUT2D eigenvalue weighted by atomic mass is 16.5. The van der Waals surface area contributed by atoms with Gasteiger partial charge in [0, 0.05) is 7.05 Å². The third-order valence-corrected chi connectivity index (χ3v) is 1.93. The lowest BCUT2D eigenvalue weighted by atomic mass is 10.2. The van der Waals surface area contributed by atoms with Crippen molar-refractivity contribution >= 4 is 5.97 Å². The second kappa shape index (κ2) is 5.86. The number of hydrogen-bond donors (Lipinski definition) is 0. The molecule has 15 heavy (non-hydrogen) atoms. The van der Waals surface area contributed by atoms with E-state index >= 15 is 0 Å². The van der Waals surface area contributed by atoms with Crippen LogP contribution in [0.3, 0.4) is 0 Å². The molecule has 0 spiro atoms. The fraction of sp³-hybridized carbons (Fsp3) is 0.250. The fourth-order valence-electron chi connectivity index (χ4n) is 1.05. The average Bonchev–Trinajstić information content (AvgIpc) is 2.27. The van der Waals surface area contributed by atoms with Gasteiger partial charge in [0.25, 0.3) is 0 Å². The first-order valence-corrected chi connectivity index (χ1v) is 4.74. The summed E-state index contributed by atoms with van der Waals surface area (Å²) in [4.78, 5) is 12.9. The van der Waals surface area contributed by atoms with Gasteiger partial charge in [0.1, 0.15) is 13.2 Å². The highest BCUT2D eigenvalue weighted by molar-refractivity contribution is 5.71. The maximum Gasteiger partial charge on any atom is 0.325 e. The zero-order valence-corrected chi connectivity index (χ0v) is 8.85. The summed E-state index contributed by atoms with van der Waals surface area (Å²) in [6, 6.07) is 9.60. The quantitative estimate of drug-likeness (QED) is 0.686. The van der Waals surface area contributed by atoms with Crippen molar-refractivity contribution in [3.63, 3.8) is 0 Å². The van der Waals surface area contributed by atoms with Crippen molar-refractivity contribution in [3.05, 3.63) is 48.7 Å². The Morgan fingerprint density at radius 3 is 2.73 bits per heavy atom. The normalized spacial score (nSPS) is 9.40. The van der Waals surface area contributed by atoms with Crippen molar-refractivity contribution < 1.29 is 9.53 Å². The van der Waals surface area contributed by atoms with E-state index < -0.39 is 0 Å². The van der Waals surface area contributed by atoms with Gasteiger partial charge in [-0.3, -0.25) is 4.79 Å². The predicted octanol–water partition coefficient (Wildman–Crippen LogP) is 1.81. The van der Waals surface area contributed by atoms with Crippen LogP contribution in [0.25, 0.3) is 0 Å². The molecule has 0 amide bonds. The van der Waals surface area contributed by atoms with E-state index in [0.29, 0.717) is 6.61 Å². The summed E-state index contributed by atoms with van der Waals surface area (Å²) >= 11 is 0. The molecule has 3 heteroatoms. The molecule has 0 bridgehead atoms. The molecule has 1 aromatic carbocycles. The summed E-state index contributed by atoms with van der Waals surface area (Å²) in [5.74, 6) is -0.249. The maximum absolute atomic E-state index is 11.3. The summed E-state index contributed by atoms with van der Waals surface area (Å²) in [7, 11) is 1.77. The van der Waals surface area contributed by atoms with Crippen molar-refractivity contribution in [1.82, 2.24) is 4.90 Å². The van der Waals surface area contributed by atoms with Gasteiger partial charge in [-0.1, -0.05) is 36.9 Å². The minimum absolute atomic E-state index is 0.232. The summed E-state index contributed by atoms with van der Waals surface area (Å²) in [5.41, 5.74) is 0.993. The molecule has 0 aliphatic carbocycles. The minimum atomic E-state index is -0.249. The second-order valence-electron chi connectivity index (χ2n) is 3.24. The molecule has 0 radical (unpaired) electrons. The lowest BCUT2D eigenvalue weighted by molar-refractivity contribution is -0.145. The van der Waals surface area contributed by atoms with Crippen molar-refractivity contribution in [2.24, 2.45) is 0 Å². The highest BCUT2D eigenvalue weighted by Crippen LogP contribution is 2.00. The Balaban J connectivity index is 2.31. The van der Waals surface area contributed by atoms with Crippen LogP contribution < -0.4 is 0 Å². The second-order valence-corrected chi connectivity index (χ2v) is 3.24. The molecule has 80 valence electrons. The van der Waals surface area contributed by atoms with Crippen molar-refractivity contribution in [2.45, 2.75) is 6.61 Å². The number of rotatable bonds is 5. The minimum Gasteiger partial charge on any atom is -0.459 e. The number of esters is 1. The van der Waals surface area contributed by atoms with Gasteiger partial charge in [0.15, 0.2) is 0 Å². The molecule has 0 atom stereocenters. The lowest BCUT2D eigenvalue weighted by Crippen LogP contribution is -2.22. The third-order valence-electron chi connectivity index (χ3n) is 1.93. The van der Waals surface area contributed by atoms with Crippen LogP contribution in [0.2, 0.25) is 0 Å². The Morgan fingerprint density at radius 1 is 1.47 bits per heavy atom. The molecule has 0 fully saturated rings. The molecular weight excluding hydrogens is 190 g/mol. The standard InChI is InChI=1S/C12H15NO2/c1-3-13(2)9-12(14)15-10-11-7-5-4-6-8-11/h3-8H,1,9-10H2,2H3. The van der Waals surface area contributed by atoms with Gasteiger partial charge in [-0.15, -0.1) is 0 Å². The van der Waals surface area contributed by atoms with Crippen LogP contribution in [-0.2, 0) is 16.1 Å². The molecule has 0 saturated carbocycles. The Hall–Kier alpha value is -1.77. The first-order valence-electron chi connectivity index (χ1n) is 4.74. The summed E-state index contributed by atoms with van der Waals surface area (Å²) in [6.07, 6.45) is 1.59. The first kappa shape index (κ1) is 11.3. The topological polar surface area (TPSA) is 29.5 Å². The van der Waals surface area contributed by atoms with Gasteiger partial charge in [0.05, 0.1) is 0 Å². The molecule has 1 rings (SSSR count). The molecule has 0 saturated heterocycles. The van der Waals surface area contributed by atoms with Crippen LogP contribution in [0, 0.1) is 0 Å². The number of nitrogens with zero attached hydrogens (tertiary/aromatic N) is 1. The zero-order chi connectivity index (χ0) is 11.1. The smallest absolute Gasteiger partial charge is 0.325 e. The van der Waals surface area contributed by atoms with Gasteiger partial charge in [-0.25, -0.2) is 0 Å². The largest absolute Gasteiger partial charge is 0.459 e. The summed E-state index contributed by atoms with van der Waals surface area (Å²) < 4.78 is 5.07. The fourth-order valence-corrected chi connectivity index (χ4v) is 1.05. The van der Waals surface area contributed by atoms with E-state index in [-0.39, 0.29) is 12.5 Å². The van der Waals surface area contributed by atoms with Crippen LogP contribution in [0.4, 0.5) is 0 Å². The third kappa shape index (κ3) is 4.31. The molecule has 0 aliphatic heterocycles. The SMILES string of the molecule is C=CN(C)CC(=O)OCc1ccccc1. The van der Waals surface area contributed by atoms with Gasteiger partial charge in [-0.2, -0.15) is 0 Å². The van der Waals surface area contributed by atoms with Gasteiger partial charge in [-0.05, 0) is 11.8 Å². The van der Waals surface area contributed by atoms with Crippen LogP contribution in [0.5, 0.6) is 0 Å². The molecular formula is C12H15NO2. The Bertz CT molecular complexity index is 322. The number of hydrogen-bond acceptors (Lipinski definition) is 3. The van der Waals surface area contributed by atoms with E-state index in [1.165, 1.54) is 0 Å². The van der Waals surface area contributed by atoms with Gasteiger partial charge < -0.3 is 9.64 Å². The Kier molecular flexibility index (Phi) is 4.41. The van der Waals surface area contributed by atoms with E-state index in [1.54, 1.807) is 18.1 Å². The van der Waals surface area contributed by atoms with E-state index in [4.69, 9.17) is 4.74 Å². The average molecular weight is 205 g/mol. The lowest BCUT2D eigenvalue weighted by Gasteiger charge is -2.12. The van der Waals surface area contributed by atoms with Crippen LogP contribution in [0.1, 0.15) is 5.56 Å². The molecule has 3 nitrogen and oxygen atoms in total. The van der Waals surface area contributed by atoms with E-state index in [2.05, 4.69) is 6.58 Å². The highest BCUT2D eigenvalue weighted by Gasteiger charge is 2.04. The zero-order valence-electron chi connectivity index (χ0n) is 8.85. The van der Waals surface area contributed by atoms with Crippen LogP contribution in [0.15, 0.2) is 43.1 Å². The van der Waals surface area contributed by atoms with E-state index in [9.17, 15) is 4.79 Å². The molecule has 0 heterocycles. The van der Waals surface area contributed by atoms with Crippen molar-refractivity contribution in [3.8, 4) is 0 Å². The maximum atomic E-state index is 11.3. The first-order chi connectivity index (χ1) is 7.22. The molecule has 0 unspecified atom stereocenters. The number of likely N-dealkylation sites (N-methyl/N-ethyl adjacent to an activating group) is 1. The number of carbonyl (C=O) groups is 1. The molecule has 0 N–H and O–H groups in total. The Labute approximate surface area is 90.0 Å². The van der Waals surface area contributed by atoms with Crippen molar-refractivity contribution in [2.75, 3.05) is 13.6 Å². The van der Waals surface area contributed by atoms with Crippen molar-refractivity contribution in [1.29, 1.82) is 0 Å². The van der Waals surface area contributed by atoms with E-state index in [1.807, 2.05) is 30.3 Å². The summed E-state index contributed by atoms with van der Waals surface area (Å²) in [5, 5.41) is 0. The van der Waals surface area contributed by atoms with Gasteiger partial charge in [0.2, 0.25) is 0 Å². The molecule has 0 aromatic heterocycles. The Morgan fingerprint density at radius 2 is 2.13 bits per heavy atom. The molecule has 0 aliphatic rings. The predicted molar refractivity (Wildman–Crippen MR) is 59.1 cm³/mol. The summed E-state index contributed by atoms with van der Waals surface area (Å²) in [6.45, 7) is 4.11. The number of benzene rings is 1. The number of ether oxygens (including phenoxy) is 1. The van der Waals surface area contributed by atoms with E-state index in [0.717, 1.165) is 5.56 Å². The number of carbonyl (C=O) groups excluding carboxylic acids is 1. The molecule has 1 aromatic rings. The van der Waals surface area contributed by atoms with Crippen LogP contribution >= 0.6 is 0 Å².